The van der Waals surface area contributed by atoms with Crippen molar-refractivity contribution in [3.8, 4) is 0 Å². The van der Waals surface area contributed by atoms with Crippen LogP contribution in [0.15, 0.2) is 52.8 Å². The summed E-state index contributed by atoms with van der Waals surface area (Å²) in [5, 5.41) is 10.6. The Labute approximate surface area is 161 Å². The molecule has 2 aromatic carbocycles. The quantitative estimate of drug-likeness (QED) is 0.791. The van der Waals surface area contributed by atoms with E-state index in [1.807, 2.05) is 0 Å². The summed E-state index contributed by atoms with van der Waals surface area (Å²) in [5.41, 5.74) is -0.207. The number of imide groups is 1. The fraction of sp³-hybridized carbons (Fsp3) is 0.167. The van der Waals surface area contributed by atoms with Crippen molar-refractivity contribution in [1.82, 2.24) is 5.01 Å². The summed E-state index contributed by atoms with van der Waals surface area (Å²) in [6, 6.07) is 5.01. The van der Waals surface area contributed by atoms with Crippen LogP contribution >= 0.6 is 0 Å². The highest BCUT2D eigenvalue weighted by molar-refractivity contribution is 6.25. The molecule has 1 saturated heterocycles. The van der Waals surface area contributed by atoms with Crippen molar-refractivity contribution < 1.29 is 27.6 Å². The Morgan fingerprint density at radius 3 is 2.41 bits per heavy atom. The molecule has 2 atom stereocenters. The van der Waals surface area contributed by atoms with Gasteiger partial charge < -0.3 is 5.32 Å². The molecule has 29 heavy (non-hydrogen) atoms. The van der Waals surface area contributed by atoms with Gasteiger partial charge in [0.15, 0.2) is 12.1 Å². The van der Waals surface area contributed by atoms with E-state index >= 15 is 0 Å². The Morgan fingerprint density at radius 2 is 1.69 bits per heavy atom. The van der Waals surface area contributed by atoms with Crippen LogP contribution in [-0.2, 0) is 14.4 Å². The van der Waals surface area contributed by atoms with Gasteiger partial charge in [-0.1, -0.05) is 5.22 Å². The molecule has 2 aromatic rings. The molecule has 0 unspecified atom stereocenters. The third-order valence-corrected chi connectivity index (χ3v) is 4.45. The number of nitrogens with zero attached hydrogens (tertiary/aromatic N) is 4. The average molecular weight is 403 g/mol. The van der Waals surface area contributed by atoms with E-state index in [0.717, 1.165) is 40.2 Å². The van der Waals surface area contributed by atoms with Crippen molar-refractivity contribution in [3.05, 3.63) is 59.9 Å². The van der Waals surface area contributed by atoms with Crippen LogP contribution in [0.3, 0.4) is 0 Å². The summed E-state index contributed by atoms with van der Waals surface area (Å²) in [6.45, 7) is -0.517. The van der Waals surface area contributed by atoms with E-state index < -0.39 is 53.8 Å². The monoisotopic (exact) mass is 403 g/mol. The van der Waals surface area contributed by atoms with E-state index in [1.54, 1.807) is 0 Å². The molecular weight excluding hydrogens is 391 g/mol. The molecule has 1 fully saturated rings. The fourth-order valence-electron chi connectivity index (χ4n) is 3.13. The van der Waals surface area contributed by atoms with Gasteiger partial charge in [-0.05, 0) is 36.4 Å². The van der Waals surface area contributed by atoms with Gasteiger partial charge >= 0.3 is 0 Å². The number of benzene rings is 2. The number of amides is 3. The number of fused-ring (bicyclic) bond motifs is 1. The van der Waals surface area contributed by atoms with Crippen molar-refractivity contribution in [2.75, 3.05) is 16.8 Å². The van der Waals surface area contributed by atoms with Gasteiger partial charge in [0, 0.05) is 6.07 Å². The second-order valence-electron chi connectivity index (χ2n) is 6.35. The smallest absolute Gasteiger partial charge is 0.263 e. The fourth-order valence-corrected chi connectivity index (χ4v) is 3.13. The maximum Gasteiger partial charge on any atom is 0.263 e. The van der Waals surface area contributed by atoms with Gasteiger partial charge in [0.25, 0.3) is 11.8 Å². The zero-order valence-corrected chi connectivity index (χ0v) is 14.6. The van der Waals surface area contributed by atoms with E-state index in [-0.39, 0.29) is 11.4 Å². The minimum atomic E-state index is -1.16. The highest BCUT2D eigenvalue weighted by Crippen LogP contribution is 2.31. The van der Waals surface area contributed by atoms with Crippen molar-refractivity contribution in [2.24, 2.45) is 10.3 Å². The van der Waals surface area contributed by atoms with Gasteiger partial charge in [-0.2, -0.15) is 5.11 Å². The van der Waals surface area contributed by atoms with Crippen LogP contribution in [0.2, 0.25) is 0 Å². The first-order valence-corrected chi connectivity index (χ1v) is 8.41. The van der Waals surface area contributed by atoms with Gasteiger partial charge in [-0.25, -0.2) is 18.1 Å². The third-order valence-electron chi connectivity index (χ3n) is 4.45. The molecule has 0 spiro atoms. The highest BCUT2D eigenvalue weighted by atomic mass is 19.1. The molecule has 2 heterocycles. The molecule has 2 aliphatic rings. The Kier molecular flexibility index (Phi) is 4.49. The third kappa shape index (κ3) is 3.30. The zero-order chi connectivity index (χ0) is 20.7. The standard InChI is InChI=1S/C18H12F3N5O3/c19-9-1-4-11(5-2-9)26-17(28)15-16(18(26)29)25(24-23-15)8-14(27)22-13-7-10(20)3-6-12(13)21/h1-7,15-16H,8H2,(H,22,27)/t15-,16+/m0/s1. The van der Waals surface area contributed by atoms with Gasteiger partial charge in [-0.15, -0.1) is 0 Å². The van der Waals surface area contributed by atoms with E-state index in [2.05, 4.69) is 15.7 Å². The van der Waals surface area contributed by atoms with Crippen molar-refractivity contribution >= 4 is 29.1 Å². The lowest BCUT2D eigenvalue weighted by molar-refractivity contribution is -0.123. The lowest BCUT2D eigenvalue weighted by Gasteiger charge is -2.20. The maximum atomic E-state index is 13.7. The molecule has 8 nitrogen and oxygen atoms in total. The predicted octanol–water partition coefficient (Wildman–Crippen LogP) is 2.04. The predicted molar refractivity (Wildman–Crippen MR) is 93.0 cm³/mol. The maximum absolute atomic E-state index is 13.7. The lowest BCUT2D eigenvalue weighted by Crippen LogP contribution is -2.43. The van der Waals surface area contributed by atoms with Crippen LogP contribution in [0.25, 0.3) is 0 Å². The van der Waals surface area contributed by atoms with Crippen molar-refractivity contribution in [2.45, 2.75) is 12.1 Å². The van der Waals surface area contributed by atoms with E-state index in [0.29, 0.717) is 0 Å². The largest absolute Gasteiger partial charge is 0.322 e. The number of carbonyl (C=O) groups excluding carboxylic acids is 3. The molecule has 0 aromatic heterocycles. The summed E-state index contributed by atoms with van der Waals surface area (Å²) in [5.74, 6) is -4.23. The Balaban J connectivity index is 1.49. The summed E-state index contributed by atoms with van der Waals surface area (Å²) >= 11 is 0. The minimum Gasteiger partial charge on any atom is -0.322 e. The second kappa shape index (κ2) is 7.00. The average Bonchev–Trinajstić information content (AvgIpc) is 3.19. The van der Waals surface area contributed by atoms with Crippen molar-refractivity contribution in [1.29, 1.82) is 0 Å². The first kappa shape index (κ1) is 18.6. The summed E-state index contributed by atoms with van der Waals surface area (Å²) in [7, 11) is 0. The topological polar surface area (TPSA) is 94.4 Å². The first-order chi connectivity index (χ1) is 13.8. The summed E-state index contributed by atoms with van der Waals surface area (Å²) in [4.78, 5) is 38.3. The Hall–Kier alpha value is -3.76. The zero-order valence-electron chi connectivity index (χ0n) is 14.6. The normalized spacial score (nSPS) is 20.4. The first-order valence-electron chi connectivity index (χ1n) is 8.41. The number of nitrogens with one attached hydrogen (secondary N) is 1. The van der Waals surface area contributed by atoms with Gasteiger partial charge in [0.1, 0.15) is 24.0 Å². The number of carbonyl (C=O) groups is 3. The van der Waals surface area contributed by atoms with E-state index in [9.17, 15) is 27.6 Å². The SMILES string of the molecule is O=C(CN1N=N[C@@H]2C(=O)N(c3ccc(F)cc3)C(=O)[C@@H]21)Nc1cc(F)ccc1F. The van der Waals surface area contributed by atoms with Crippen LogP contribution in [-0.4, -0.2) is 41.4 Å². The molecule has 0 radical (unpaired) electrons. The lowest BCUT2D eigenvalue weighted by atomic mass is 10.1. The second-order valence-corrected chi connectivity index (χ2v) is 6.35. The molecule has 0 aliphatic carbocycles. The molecule has 148 valence electrons. The summed E-state index contributed by atoms with van der Waals surface area (Å²) in [6.07, 6.45) is 0. The number of rotatable bonds is 4. The van der Waals surface area contributed by atoms with Crippen LogP contribution in [0, 0.1) is 17.5 Å². The van der Waals surface area contributed by atoms with Crippen molar-refractivity contribution in [3.63, 3.8) is 0 Å². The number of anilines is 2. The minimum absolute atomic E-state index is 0.164. The van der Waals surface area contributed by atoms with Crippen LogP contribution < -0.4 is 10.2 Å². The molecule has 4 rings (SSSR count). The Morgan fingerprint density at radius 1 is 1.00 bits per heavy atom. The number of hydrogen-bond donors (Lipinski definition) is 1. The molecule has 11 heteroatoms. The summed E-state index contributed by atoms with van der Waals surface area (Å²) < 4.78 is 40.0. The van der Waals surface area contributed by atoms with Crippen LogP contribution in [0.4, 0.5) is 24.5 Å². The van der Waals surface area contributed by atoms with Gasteiger partial charge in [0.2, 0.25) is 5.91 Å². The molecule has 0 saturated carbocycles. The molecular formula is C18H12F3N5O3. The number of hydrogen-bond acceptors (Lipinski definition) is 6. The highest BCUT2D eigenvalue weighted by Gasteiger charge is 2.55. The van der Waals surface area contributed by atoms with E-state index in [4.69, 9.17) is 0 Å². The van der Waals surface area contributed by atoms with Crippen LogP contribution in [0.1, 0.15) is 0 Å². The molecule has 2 aliphatic heterocycles. The van der Waals surface area contributed by atoms with Crippen LogP contribution in [0.5, 0.6) is 0 Å². The molecule has 0 bridgehead atoms. The Bertz CT molecular complexity index is 1040. The van der Waals surface area contributed by atoms with Gasteiger partial charge in [0.05, 0.1) is 11.4 Å². The number of halogens is 3. The molecule has 1 N–H and O–H groups in total. The molecule has 3 amide bonds. The van der Waals surface area contributed by atoms with Gasteiger partial charge in [-0.3, -0.25) is 19.4 Å². The van der Waals surface area contributed by atoms with E-state index in [1.165, 1.54) is 12.1 Å².